The Bertz CT molecular complexity index is 2070. The highest BCUT2D eigenvalue weighted by Crippen LogP contribution is 2.40. The quantitative estimate of drug-likeness (QED) is 0.0768. The molecule has 0 aliphatic carbocycles. The molecule has 0 unspecified atom stereocenters. The second-order valence-corrected chi connectivity index (χ2v) is 16.6. The average Bonchev–Trinajstić information content (AvgIpc) is 4.14. The van der Waals surface area contributed by atoms with E-state index in [-0.39, 0.29) is 35.7 Å². The fraction of sp³-hybridized carbons (Fsp3) is 0.522. The lowest BCUT2D eigenvalue weighted by atomic mass is 9.99. The second-order valence-electron chi connectivity index (χ2n) is 16.6. The van der Waals surface area contributed by atoms with E-state index in [0.29, 0.717) is 62.7 Å². The van der Waals surface area contributed by atoms with Crippen LogP contribution in [-0.2, 0) is 28.5 Å². The maximum atomic E-state index is 13.8. The summed E-state index contributed by atoms with van der Waals surface area (Å²) >= 11 is 0. The second kappa shape index (κ2) is 22.0. The number of aromatic nitrogens is 4. The summed E-state index contributed by atoms with van der Waals surface area (Å²) in [6.45, 7) is 9.99. The Morgan fingerprint density at radius 2 is 1.05 bits per heavy atom. The van der Waals surface area contributed by atoms with Crippen molar-refractivity contribution in [1.82, 2.24) is 40.4 Å². The lowest BCUT2D eigenvalue weighted by Gasteiger charge is -2.30. The van der Waals surface area contributed by atoms with Crippen molar-refractivity contribution in [2.45, 2.75) is 77.5 Å². The van der Waals surface area contributed by atoms with Crippen molar-refractivity contribution in [3.05, 3.63) is 60.4 Å². The minimum atomic E-state index is -0.741. The smallest absolute Gasteiger partial charge is 0.407 e. The lowest BCUT2D eigenvalue weighted by molar-refractivity contribution is -0.136. The van der Waals surface area contributed by atoms with Gasteiger partial charge in [-0.15, -0.1) is 0 Å². The number of carbonyl (C=O) groups is 4. The van der Waals surface area contributed by atoms with E-state index in [9.17, 15) is 19.2 Å². The first-order chi connectivity index (χ1) is 30.9. The first-order valence-electron chi connectivity index (χ1n) is 21.8. The van der Waals surface area contributed by atoms with E-state index in [2.05, 4.69) is 20.6 Å². The molecule has 4 atom stereocenters. The molecule has 346 valence electrons. The number of ether oxygens (including phenoxy) is 6. The summed E-state index contributed by atoms with van der Waals surface area (Å²) in [5.41, 5.74) is 4.74. The molecule has 4 amide bonds. The number of nitrogens with zero attached hydrogens (tertiary/aromatic N) is 4. The Morgan fingerprint density at radius 3 is 1.41 bits per heavy atom. The van der Waals surface area contributed by atoms with E-state index in [1.807, 2.05) is 64.1 Å². The summed E-state index contributed by atoms with van der Waals surface area (Å²) in [6.07, 6.45) is 5.22. The number of amides is 4. The molecule has 0 radical (unpaired) electrons. The zero-order valence-electron chi connectivity index (χ0n) is 38.0. The van der Waals surface area contributed by atoms with Crippen molar-refractivity contribution < 1.29 is 47.6 Å². The van der Waals surface area contributed by atoms with E-state index in [1.54, 1.807) is 36.4 Å². The van der Waals surface area contributed by atoms with Crippen molar-refractivity contribution in [2.24, 2.45) is 11.8 Å². The maximum absolute atomic E-state index is 13.8. The molecule has 2 aliphatic heterocycles. The van der Waals surface area contributed by atoms with Crippen molar-refractivity contribution in [1.29, 1.82) is 0 Å². The highest BCUT2D eigenvalue weighted by molar-refractivity contribution is 5.87. The molecule has 4 aromatic rings. The molecule has 0 saturated carbocycles. The molecule has 64 heavy (non-hydrogen) atoms. The molecule has 0 bridgehead atoms. The van der Waals surface area contributed by atoms with Crippen LogP contribution in [0.5, 0.6) is 11.5 Å². The van der Waals surface area contributed by atoms with Gasteiger partial charge in [-0.3, -0.25) is 9.59 Å². The van der Waals surface area contributed by atoms with Gasteiger partial charge in [0.15, 0.2) is 0 Å². The Balaban J connectivity index is 1.27. The fourth-order valence-corrected chi connectivity index (χ4v) is 8.23. The van der Waals surface area contributed by atoms with Gasteiger partial charge < -0.3 is 58.8 Å². The average molecular weight is 887 g/mol. The van der Waals surface area contributed by atoms with Gasteiger partial charge in [-0.1, -0.05) is 39.8 Å². The van der Waals surface area contributed by atoms with Crippen LogP contribution in [0.4, 0.5) is 9.59 Å². The van der Waals surface area contributed by atoms with E-state index in [4.69, 9.17) is 38.4 Å². The molecule has 4 N–H and O–H groups in total. The first kappa shape index (κ1) is 47.3. The minimum Gasteiger partial charge on any atom is -0.490 e. The number of methoxy groups -OCH3 is 4. The highest BCUT2D eigenvalue weighted by atomic mass is 16.5. The van der Waals surface area contributed by atoms with Gasteiger partial charge >= 0.3 is 12.2 Å². The number of aromatic amines is 2. The predicted molar refractivity (Wildman–Crippen MR) is 237 cm³/mol. The van der Waals surface area contributed by atoms with Crippen LogP contribution in [-0.4, -0.2) is 134 Å². The van der Waals surface area contributed by atoms with Gasteiger partial charge in [0.05, 0.1) is 63.3 Å². The molecular weight excluding hydrogens is 825 g/mol. The number of rotatable bonds is 19. The van der Waals surface area contributed by atoms with Crippen LogP contribution in [0.2, 0.25) is 0 Å². The number of likely N-dealkylation sites (tertiary alicyclic amines) is 2. The van der Waals surface area contributed by atoms with Crippen LogP contribution in [0.3, 0.4) is 0 Å². The van der Waals surface area contributed by atoms with Crippen molar-refractivity contribution in [3.63, 3.8) is 0 Å². The fourth-order valence-electron chi connectivity index (χ4n) is 8.23. The summed E-state index contributed by atoms with van der Waals surface area (Å²) in [5, 5.41) is 5.40. The van der Waals surface area contributed by atoms with Crippen molar-refractivity contribution in [2.75, 3.05) is 68.0 Å². The normalized spacial score (nSPS) is 17.1. The zero-order chi connectivity index (χ0) is 45.9. The molecule has 2 saturated heterocycles. The number of hydrogen-bond donors (Lipinski definition) is 4. The number of H-pyrrole nitrogens is 2. The van der Waals surface area contributed by atoms with Crippen LogP contribution in [0.15, 0.2) is 48.8 Å². The number of benzene rings is 2. The molecule has 2 aromatic heterocycles. The Morgan fingerprint density at radius 1 is 0.641 bits per heavy atom. The molecule has 2 aliphatic rings. The molecule has 0 spiro atoms. The summed E-state index contributed by atoms with van der Waals surface area (Å²) in [6, 6.07) is 9.81. The predicted octanol–water partition coefficient (Wildman–Crippen LogP) is 6.27. The van der Waals surface area contributed by atoms with E-state index in [0.717, 1.165) is 59.3 Å². The van der Waals surface area contributed by atoms with Crippen LogP contribution < -0.4 is 20.1 Å². The van der Waals surface area contributed by atoms with Crippen molar-refractivity contribution in [3.8, 4) is 45.1 Å². The molecule has 6 rings (SSSR count). The van der Waals surface area contributed by atoms with Gasteiger partial charge in [0, 0.05) is 38.4 Å². The van der Waals surface area contributed by atoms with Gasteiger partial charge in [0.2, 0.25) is 11.8 Å². The van der Waals surface area contributed by atoms with Crippen LogP contribution in [0.25, 0.3) is 33.6 Å². The highest BCUT2D eigenvalue weighted by Gasteiger charge is 2.39. The minimum absolute atomic E-state index is 0.151. The topological polar surface area (TPSA) is 212 Å². The first-order valence-corrected chi connectivity index (χ1v) is 21.8. The number of nitrogens with one attached hydrogen (secondary N) is 4. The van der Waals surface area contributed by atoms with Crippen molar-refractivity contribution >= 4 is 24.0 Å². The van der Waals surface area contributed by atoms with E-state index < -0.39 is 24.3 Å². The molecule has 18 heteroatoms. The van der Waals surface area contributed by atoms with Gasteiger partial charge in [0.25, 0.3) is 0 Å². The van der Waals surface area contributed by atoms with Crippen LogP contribution in [0.1, 0.15) is 77.1 Å². The third kappa shape index (κ3) is 11.0. The molecule has 18 nitrogen and oxygen atoms in total. The van der Waals surface area contributed by atoms with Gasteiger partial charge in [0.1, 0.15) is 48.4 Å². The zero-order valence-corrected chi connectivity index (χ0v) is 38.0. The molecule has 2 aromatic carbocycles. The van der Waals surface area contributed by atoms with E-state index >= 15 is 0 Å². The Kier molecular flexibility index (Phi) is 16.3. The third-order valence-corrected chi connectivity index (χ3v) is 11.6. The Labute approximate surface area is 374 Å². The van der Waals surface area contributed by atoms with Gasteiger partial charge in [-0.2, -0.15) is 0 Å². The SMILES string of the molecule is COCCOc1cc(-c2ccc(-c3cnc([C@@H]4CCCN4C(=O)[C@@H](NC(=O)OC)C(C)C)[nH]3)c(OCCOC)c2)ccc1-c1cnc([C@@H]2CCCN2C(=O)[C@@H](NC(=O)OC)C(C)C)[nH]1. The summed E-state index contributed by atoms with van der Waals surface area (Å²) in [5.74, 6) is 1.83. The largest absolute Gasteiger partial charge is 0.490 e. The Hall–Kier alpha value is -6.14. The number of hydrogen-bond acceptors (Lipinski definition) is 12. The van der Waals surface area contributed by atoms with Gasteiger partial charge in [-0.05, 0) is 72.9 Å². The molecule has 4 heterocycles. The third-order valence-electron chi connectivity index (χ3n) is 11.6. The monoisotopic (exact) mass is 886 g/mol. The number of imidazole rings is 2. The van der Waals surface area contributed by atoms with Gasteiger partial charge in [-0.25, -0.2) is 19.6 Å². The van der Waals surface area contributed by atoms with Crippen LogP contribution >= 0.6 is 0 Å². The summed E-state index contributed by atoms with van der Waals surface area (Å²) < 4.78 is 32.9. The molecule has 2 fully saturated rings. The molecular formula is C46H62N8O10. The van der Waals surface area contributed by atoms with E-state index in [1.165, 1.54) is 14.2 Å². The summed E-state index contributed by atoms with van der Waals surface area (Å²) in [4.78, 5) is 71.7. The van der Waals surface area contributed by atoms with Crippen LogP contribution in [0, 0.1) is 11.8 Å². The standard InChI is InChI=1S/C46H62N8O10/c1-27(2)39(51-45(57)61-7)43(55)53-17-9-11-35(53)41-47-25-33(49-41)31-15-13-29(23-37(31)63-21-19-59-5)30-14-16-32(38(24-30)64-22-20-60-6)34-26-48-42(50-34)36-12-10-18-54(36)44(56)40(28(3)4)52-46(58)62-8/h13-16,23-28,35-36,39-40H,9-12,17-22H2,1-8H3,(H,47,49)(H,48,50)(H,51,57)(H,52,58)/t35-,36-,39-,40-/m0/s1. The lowest BCUT2D eigenvalue weighted by Crippen LogP contribution is -2.51. The summed E-state index contributed by atoms with van der Waals surface area (Å²) in [7, 11) is 5.79. The maximum Gasteiger partial charge on any atom is 0.407 e. The number of carbonyl (C=O) groups excluding carboxylic acids is 4. The number of alkyl carbamates (subject to hydrolysis) is 2.